The van der Waals surface area contributed by atoms with Gasteiger partial charge in [0.25, 0.3) is 0 Å². The van der Waals surface area contributed by atoms with Crippen LogP contribution in [0, 0.1) is 17.6 Å². The Morgan fingerprint density at radius 2 is 1.30 bits per heavy atom. The molecule has 1 N–H and O–H groups in total. The SMILES string of the molecule is CC(C)C[C@@H](CN1CCN(C(c2ccc(F)cc2)c2ccc(F)cc2)CC1)NC(=O)N1CCCCCC1. The molecule has 37 heavy (non-hydrogen) atoms. The number of likely N-dealkylation sites (tertiary alicyclic amines) is 1. The largest absolute Gasteiger partial charge is 0.334 e. The highest BCUT2D eigenvalue weighted by atomic mass is 19.1. The topological polar surface area (TPSA) is 38.8 Å². The van der Waals surface area contributed by atoms with Crippen molar-refractivity contribution in [3.05, 3.63) is 71.3 Å². The van der Waals surface area contributed by atoms with Gasteiger partial charge >= 0.3 is 6.03 Å². The van der Waals surface area contributed by atoms with Crippen LogP contribution in [0.2, 0.25) is 0 Å². The summed E-state index contributed by atoms with van der Waals surface area (Å²) in [4.78, 5) is 19.9. The summed E-state index contributed by atoms with van der Waals surface area (Å²) in [5.74, 6) is -0.0215. The zero-order valence-electron chi connectivity index (χ0n) is 22.3. The molecule has 0 aliphatic carbocycles. The highest BCUT2D eigenvalue weighted by Crippen LogP contribution is 2.30. The van der Waals surface area contributed by atoms with E-state index < -0.39 is 0 Å². The molecule has 0 saturated carbocycles. The molecule has 0 unspecified atom stereocenters. The van der Waals surface area contributed by atoms with E-state index in [0.717, 1.165) is 76.2 Å². The predicted octanol–water partition coefficient (Wildman–Crippen LogP) is 5.67. The summed E-state index contributed by atoms with van der Waals surface area (Å²) in [6.45, 7) is 10.4. The second kappa shape index (κ2) is 13.3. The Morgan fingerprint density at radius 3 is 1.78 bits per heavy atom. The molecule has 0 bridgehead atoms. The molecular weight excluding hydrogens is 470 g/mol. The third kappa shape index (κ3) is 7.99. The highest BCUT2D eigenvalue weighted by molar-refractivity contribution is 5.74. The molecule has 5 nitrogen and oxygen atoms in total. The molecule has 4 rings (SSSR count). The van der Waals surface area contributed by atoms with Gasteiger partial charge < -0.3 is 10.2 Å². The summed E-state index contributed by atoms with van der Waals surface area (Å²) in [7, 11) is 0. The molecule has 0 aromatic heterocycles. The average Bonchev–Trinajstić information content (AvgIpc) is 3.17. The Morgan fingerprint density at radius 1 is 0.784 bits per heavy atom. The third-order valence-corrected chi connectivity index (χ3v) is 7.60. The van der Waals surface area contributed by atoms with E-state index in [1.54, 1.807) is 0 Å². The molecule has 2 aromatic rings. The third-order valence-electron chi connectivity index (χ3n) is 7.60. The van der Waals surface area contributed by atoms with Gasteiger partial charge in [0.1, 0.15) is 11.6 Å². The van der Waals surface area contributed by atoms with Crippen molar-refractivity contribution in [2.75, 3.05) is 45.8 Å². The lowest BCUT2D eigenvalue weighted by molar-refractivity contribution is 0.0990. The zero-order chi connectivity index (χ0) is 26.2. The Hall–Kier alpha value is -2.51. The first-order chi connectivity index (χ1) is 17.9. The molecular formula is C30H42F2N4O. The van der Waals surface area contributed by atoms with E-state index >= 15 is 0 Å². The van der Waals surface area contributed by atoms with Crippen molar-refractivity contribution >= 4 is 6.03 Å². The van der Waals surface area contributed by atoms with Crippen molar-refractivity contribution < 1.29 is 13.6 Å². The molecule has 2 saturated heterocycles. The molecule has 2 aliphatic heterocycles. The number of halogens is 2. The maximum atomic E-state index is 13.6. The van der Waals surface area contributed by atoms with Crippen LogP contribution >= 0.6 is 0 Å². The van der Waals surface area contributed by atoms with Crippen LogP contribution in [-0.4, -0.2) is 72.6 Å². The predicted molar refractivity (Wildman–Crippen MR) is 144 cm³/mol. The highest BCUT2D eigenvalue weighted by Gasteiger charge is 2.28. The number of urea groups is 1. The second-order valence-corrected chi connectivity index (χ2v) is 11.0. The van der Waals surface area contributed by atoms with Crippen LogP contribution in [0.25, 0.3) is 0 Å². The van der Waals surface area contributed by atoms with Gasteiger partial charge in [-0.1, -0.05) is 51.0 Å². The first kappa shape index (κ1) is 27.5. The molecule has 0 spiro atoms. The van der Waals surface area contributed by atoms with Crippen LogP contribution in [0.4, 0.5) is 13.6 Å². The van der Waals surface area contributed by atoms with Crippen LogP contribution in [0.3, 0.4) is 0 Å². The van der Waals surface area contributed by atoms with Gasteiger partial charge in [-0.3, -0.25) is 9.80 Å². The van der Waals surface area contributed by atoms with E-state index in [1.165, 1.54) is 37.1 Å². The fraction of sp³-hybridized carbons (Fsp3) is 0.567. The molecule has 2 fully saturated rings. The van der Waals surface area contributed by atoms with Crippen LogP contribution in [0.5, 0.6) is 0 Å². The van der Waals surface area contributed by atoms with E-state index in [2.05, 4.69) is 29.0 Å². The Kier molecular flexibility index (Phi) is 9.92. The van der Waals surface area contributed by atoms with Crippen molar-refractivity contribution in [1.82, 2.24) is 20.0 Å². The number of hydrogen-bond acceptors (Lipinski definition) is 3. The van der Waals surface area contributed by atoms with Gasteiger partial charge in [0.15, 0.2) is 0 Å². The minimum atomic E-state index is -0.259. The van der Waals surface area contributed by atoms with Gasteiger partial charge in [-0.2, -0.15) is 0 Å². The smallest absolute Gasteiger partial charge is 0.317 e. The van der Waals surface area contributed by atoms with E-state index in [4.69, 9.17) is 0 Å². The number of nitrogens with zero attached hydrogens (tertiary/aromatic N) is 3. The number of rotatable bonds is 8. The second-order valence-electron chi connectivity index (χ2n) is 11.0. The number of piperazine rings is 1. The summed E-state index contributed by atoms with van der Waals surface area (Å²) in [5, 5.41) is 3.35. The van der Waals surface area contributed by atoms with Crippen LogP contribution in [-0.2, 0) is 0 Å². The quantitative estimate of drug-likeness (QED) is 0.495. The normalized spacial score (nSPS) is 18.7. The zero-order valence-corrected chi connectivity index (χ0v) is 22.3. The van der Waals surface area contributed by atoms with E-state index in [9.17, 15) is 13.6 Å². The lowest BCUT2D eigenvalue weighted by Crippen LogP contribution is -2.54. The first-order valence-electron chi connectivity index (χ1n) is 13.9. The standard InChI is InChI=1S/C30H42F2N4O/c1-23(2)21-28(33-30(37)36-15-5-3-4-6-16-36)22-34-17-19-35(20-18-34)29(24-7-11-26(31)12-8-24)25-9-13-27(32)14-10-25/h7-14,23,28-29H,3-6,15-22H2,1-2H3,(H,33,37)/t28-/m0/s1. The van der Waals surface area contributed by atoms with E-state index in [-0.39, 0.29) is 29.7 Å². The summed E-state index contributed by atoms with van der Waals surface area (Å²) in [5.41, 5.74) is 2.01. The van der Waals surface area contributed by atoms with Gasteiger partial charge in [0.2, 0.25) is 0 Å². The molecule has 1 atom stereocenters. The number of benzene rings is 2. The van der Waals surface area contributed by atoms with E-state index in [1.807, 2.05) is 29.2 Å². The lowest BCUT2D eigenvalue weighted by Gasteiger charge is -2.41. The minimum Gasteiger partial charge on any atom is -0.334 e. The van der Waals surface area contributed by atoms with Crippen molar-refractivity contribution in [3.8, 4) is 0 Å². The van der Waals surface area contributed by atoms with Crippen molar-refractivity contribution in [2.45, 2.75) is 58.0 Å². The number of nitrogens with one attached hydrogen (secondary N) is 1. The van der Waals surface area contributed by atoms with Crippen LogP contribution in [0.1, 0.15) is 63.1 Å². The van der Waals surface area contributed by atoms with Gasteiger partial charge in [-0.15, -0.1) is 0 Å². The number of amides is 2. The van der Waals surface area contributed by atoms with E-state index in [0.29, 0.717) is 5.92 Å². The maximum Gasteiger partial charge on any atom is 0.317 e. The molecule has 0 radical (unpaired) electrons. The molecule has 2 heterocycles. The number of carbonyl (C=O) groups is 1. The van der Waals surface area contributed by atoms with Crippen LogP contribution in [0.15, 0.2) is 48.5 Å². The molecule has 2 amide bonds. The summed E-state index contributed by atoms with van der Waals surface area (Å²) < 4.78 is 27.3. The summed E-state index contributed by atoms with van der Waals surface area (Å²) in [6, 6.07) is 13.4. The van der Waals surface area contributed by atoms with Gasteiger partial charge in [0.05, 0.1) is 6.04 Å². The van der Waals surface area contributed by atoms with Gasteiger partial charge in [-0.05, 0) is 60.6 Å². The molecule has 2 aromatic carbocycles. The van der Waals surface area contributed by atoms with Crippen LogP contribution < -0.4 is 5.32 Å². The fourth-order valence-corrected chi connectivity index (χ4v) is 5.71. The molecule has 2 aliphatic rings. The fourth-order valence-electron chi connectivity index (χ4n) is 5.71. The Balaban J connectivity index is 1.39. The van der Waals surface area contributed by atoms with Crippen molar-refractivity contribution in [2.24, 2.45) is 5.92 Å². The van der Waals surface area contributed by atoms with Crippen molar-refractivity contribution in [1.29, 1.82) is 0 Å². The summed E-state index contributed by atoms with van der Waals surface area (Å²) in [6.07, 6.45) is 5.55. The minimum absolute atomic E-state index is 0.0578. The number of carbonyl (C=O) groups excluding carboxylic acids is 1. The van der Waals surface area contributed by atoms with Gasteiger partial charge in [-0.25, -0.2) is 13.6 Å². The first-order valence-corrected chi connectivity index (χ1v) is 13.9. The van der Waals surface area contributed by atoms with Crippen molar-refractivity contribution in [3.63, 3.8) is 0 Å². The monoisotopic (exact) mass is 512 g/mol. The molecule has 202 valence electrons. The Bertz CT molecular complexity index is 921. The number of hydrogen-bond donors (Lipinski definition) is 1. The van der Waals surface area contributed by atoms with Gasteiger partial charge in [0, 0.05) is 51.9 Å². The Labute approximate surface area is 220 Å². The molecule has 7 heteroatoms. The maximum absolute atomic E-state index is 13.6. The summed E-state index contributed by atoms with van der Waals surface area (Å²) >= 11 is 0. The lowest BCUT2D eigenvalue weighted by atomic mass is 9.96. The average molecular weight is 513 g/mol.